The Bertz CT molecular complexity index is 342. The Hall–Kier alpha value is -0.630. The number of Topliss-reactive ketones (excluding diaryl/α,β-unsaturated/α-hetero) is 1. The molecule has 0 unspecified atom stereocenters. The van der Waals surface area contributed by atoms with Crippen LogP contribution in [0.3, 0.4) is 0 Å². The van der Waals surface area contributed by atoms with Crippen LogP contribution in [0.1, 0.15) is 36.2 Å². The van der Waals surface area contributed by atoms with E-state index in [1.807, 2.05) is 25.1 Å². The van der Waals surface area contributed by atoms with Crippen LogP contribution in [0.25, 0.3) is 0 Å². The lowest BCUT2D eigenvalue weighted by molar-refractivity contribution is 0.0967. The first-order valence-electron chi connectivity index (χ1n) is 4.80. The summed E-state index contributed by atoms with van der Waals surface area (Å²) >= 11 is 3.45. The van der Waals surface area contributed by atoms with Gasteiger partial charge in [-0.2, -0.15) is 0 Å². The molecule has 0 aliphatic heterocycles. The third-order valence-corrected chi connectivity index (χ3v) is 3.14. The molecule has 1 aromatic carbocycles. The molecule has 0 radical (unpaired) electrons. The van der Waals surface area contributed by atoms with Crippen molar-refractivity contribution in [2.75, 3.05) is 0 Å². The number of carbonyl (C=O) groups is 1. The second-order valence-corrected chi connectivity index (χ2v) is 4.75. The molecule has 0 saturated heterocycles. The van der Waals surface area contributed by atoms with E-state index in [0.717, 1.165) is 15.6 Å². The van der Waals surface area contributed by atoms with Crippen molar-refractivity contribution >= 4 is 21.7 Å². The summed E-state index contributed by atoms with van der Waals surface area (Å²) in [6.07, 6.45) is 0.613. The standard InChI is InChI=1S/C12H15BrO/c1-8(2)7-11(14)10-6-4-5-9(3)12(10)13/h4-6,8H,7H2,1-3H3. The van der Waals surface area contributed by atoms with E-state index < -0.39 is 0 Å². The summed E-state index contributed by atoms with van der Waals surface area (Å²) in [7, 11) is 0. The fraction of sp³-hybridized carbons (Fsp3) is 0.417. The van der Waals surface area contributed by atoms with Gasteiger partial charge in [0.25, 0.3) is 0 Å². The van der Waals surface area contributed by atoms with Gasteiger partial charge in [0.15, 0.2) is 5.78 Å². The van der Waals surface area contributed by atoms with Gasteiger partial charge in [-0.3, -0.25) is 4.79 Å². The fourth-order valence-electron chi connectivity index (χ4n) is 1.34. The molecule has 0 aromatic heterocycles. The Kier molecular flexibility index (Phi) is 3.87. The van der Waals surface area contributed by atoms with Crippen molar-refractivity contribution in [2.45, 2.75) is 27.2 Å². The fourth-order valence-corrected chi connectivity index (χ4v) is 1.83. The van der Waals surface area contributed by atoms with Gasteiger partial charge < -0.3 is 0 Å². The van der Waals surface area contributed by atoms with Crippen LogP contribution in [0.15, 0.2) is 22.7 Å². The van der Waals surface area contributed by atoms with Crippen LogP contribution in [0.5, 0.6) is 0 Å². The predicted molar refractivity (Wildman–Crippen MR) is 62.7 cm³/mol. The zero-order valence-electron chi connectivity index (χ0n) is 8.80. The molecule has 0 saturated carbocycles. The number of hydrogen-bond donors (Lipinski definition) is 0. The average Bonchev–Trinajstić information content (AvgIpc) is 2.08. The smallest absolute Gasteiger partial charge is 0.164 e. The predicted octanol–water partition coefficient (Wildman–Crippen LogP) is 3.99. The van der Waals surface area contributed by atoms with Crippen LogP contribution < -0.4 is 0 Å². The summed E-state index contributed by atoms with van der Waals surface area (Å²) in [5, 5.41) is 0. The second-order valence-electron chi connectivity index (χ2n) is 3.96. The lowest BCUT2D eigenvalue weighted by atomic mass is 10.00. The molecule has 0 spiro atoms. The van der Waals surface area contributed by atoms with Crippen molar-refractivity contribution in [3.63, 3.8) is 0 Å². The third-order valence-electron chi connectivity index (χ3n) is 2.09. The molecule has 1 rings (SSSR count). The Balaban J connectivity index is 2.96. The van der Waals surface area contributed by atoms with Crippen molar-refractivity contribution in [3.05, 3.63) is 33.8 Å². The first-order valence-corrected chi connectivity index (χ1v) is 5.60. The van der Waals surface area contributed by atoms with E-state index in [0.29, 0.717) is 12.3 Å². The molecule has 14 heavy (non-hydrogen) atoms. The van der Waals surface area contributed by atoms with Crippen LogP contribution in [0.2, 0.25) is 0 Å². The number of ketones is 1. The van der Waals surface area contributed by atoms with Gasteiger partial charge in [0.05, 0.1) is 0 Å². The van der Waals surface area contributed by atoms with Crippen LogP contribution in [-0.4, -0.2) is 5.78 Å². The van der Waals surface area contributed by atoms with Crippen LogP contribution in [0, 0.1) is 12.8 Å². The maximum Gasteiger partial charge on any atom is 0.164 e. The number of rotatable bonds is 3. The molecule has 0 amide bonds. The van der Waals surface area contributed by atoms with Crippen molar-refractivity contribution in [2.24, 2.45) is 5.92 Å². The first kappa shape index (κ1) is 11.4. The zero-order chi connectivity index (χ0) is 10.7. The Labute approximate surface area is 93.7 Å². The van der Waals surface area contributed by atoms with Gasteiger partial charge in [-0.25, -0.2) is 0 Å². The molecule has 0 heterocycles. The highest BCUT2D eigenvalue weighted by Gasteiger charge is 2.12. The lowest BCUT2D eigenvalue weighted by Gasteiger charge is -2.07. The number of hydrogen-bond acceptors (Lipinski definition) is 1. The molecule has 0 atom stereocenters. The number of carbonyl (C=O) groups excluding carboxylic acids is 1. The van der Waals surface area contributed by atoms with E-state index in [4.69, 9.17) is 0 Å². The van der Waals surface area contributed by atoms with Crippen molar-refractivity contribution in [1.82, 2.24) is 0 Å². The Morgan fingerprint density at radius 3 is 2.64 bits per heavy atom. The van der Waals surface area contributed by atoms with Crippen LogP contribution >= 0.6 is 15.9 Å². The number of aryl methyl sites for hydroxylation is 1. The van der Waals surface area contributed by atoms with E-state index >= 15 is 0 Å². The zero-order valence-corrected chi connectivity index (χ0v) is 10.4. The molecule has 0 aliphatic rings. The minimum absolute atomic E-state index is 0.218. The van der Waals surface area contributed by atoms with Gasteiger partial charge in [-0.15, -0.1) is 0 Å². The second kappa shape index (κ2) is 4.74. The minimum atomic E-state index is 0.218. The van der Waals surface area contributed by atoms with Crippen molar-refractivity contribution < 1.29 is 4.79 Å². The van der Waals surface area contributed by atoms with Gasteiger partial charge in [0.1, 0.15) is 0 Å². The van der Waals surface area contributed by atoms with E-state index in [1.165, 1.54) is 0 Å². The Morgan fingerprint density at radius 1 is 1.43 bits per heavy atom. The number of benzene rings is 1. The Morgan fingerprint density at radius 2 is 2.07 bits per heavy atom. The van der Waals surface area contributed by atoms with E-state index in [-0.39, 0.29) is 5.78 Å². The first-order chi connectivity index (χ1) is 6.52. The highest BCUT2D eigenvalue weighted by molar-refractivity contribution is 9.10. The van der Waals surface area contributed by atoms with Crippen LogP contribution in [0.4, 0.5) is 0 Å². The maximum atomic E-state index is 11.8. The van der Waals surface area contributed by atoms with E-state index in [1.54, 1.807) is 0 Å². The van der Waals surface area contributed by atoms with Gasteiger partial charge in [0, 0.05) is 16.5 Å². The highest BCUT2D eigenvalue weighted by Crippen LogP contribution is 2.23. The molecule has 76 valence electrons. The molecular weight excluding hydrogens is 240 g/mol. The van der Waals surface area contributed by atoms with Crippen molar-refractivity contribution in [1.29, 1.82) is 0 Å². The maximum absolute atomic E-state index is 11.8. The number of halogens is 1. The summed E-state index contributed by atoms with van der Waals surface area (Å²) in [4.78, 5) is 11.8. The topological polar surface area (TPSA) is 17.1 Å². The molecule has 1 aromatic rings. The quantitative estimate of drug-likeness (QED) is 0.746. The normalized spacial score (nSPS) is 10.6. The summed E-state index contributed by atoms with van der Waals surface area (Å²) in [6.45, 7) is 6.11. The SMILES string of the molecule is Cc1cccc(C(=O)CC(C)C)c1Br. The van der Waals surface area contributed by atoms with E-state index in [9.17, 15) is 4.79 Å². The summed E-state index contributed by atoms with van der Waals surface area (Å²) in [5.74, 6) is 0.630. The molecule has 2 heteroatoms. The molecule has 0 fully saturated rings. The molecule has 0 aliphatic carbocycles. The van der Waals surface area contributed by atoms with E-state index in [2.05, 4.69) is 29.8 Å². The third kappa shape index (κ3) is 2.68. The van der Waals surface area contributed by atoms with Gasteiger partial charge in [-0.05, 0) is 34.3 Å². The summed E-state index contributed by atoms with van der Waals surface area (Å²) in [6, 6.07) is 5.80. The highest BCUT2D eigenvalue weighted by atomic mass is 79.9. The van der Waals surface area contributed by atoms with Crippen molar-refractivity contribution in [3.8, 4) is 0 Å². The van der Waals surface area contributed by atoms with Crippen LogP contribution in [-0.2, 0) is 0 Å². The molecule has 1 nitrogen and oxygen atoms in total. The monoisotopic (exact) mass is 254 g/mol. The largest absolute Gasteiger partial charge is 0.294 e. The van der Waals surface area contributed by atoms with Gasteiger partial charge in [-0.1, -0.05) is 32.0 Å². The van der Waals surface area contributed by atoms with Gasteiger partial charge in [0.2, 0.25) is 0 Å². The summed E-state index contributed by atoms with van der Waals surface area (Å²) < 4.78 is 0.936. The average molecular weight is 255 g/mol. The van der Waals surface area contributed by atoms with Gasteiger partial charge >= 0.3 is 0 Å². The minimum Gasteiger partial charge on any atom is -0.294 e. The lowest BCUT2D eigenvalue weighted by Crippen LogP contribution is -2.04. The molecule has 0 bridgehead atoms. The molecular formula is C12H15BrO. The summed E-state index contributed by atoms with van der Waals surface area (Å²) in [5.41, 5.74) is 1.92. The molecule has 0 N–H and O–H groups in total.